The SMILES string of the molecule is CCCCN(CCCC)C(=N)c1ccc(OC)cc1.Cl. The Bertz CT molecular complexity index is 371. The molecule has 0 bridgehead atoms. The highest BCUT2D eigenvalue weighted by Crippen LogP contribution is 2.14. The third-order valence-corrected chi connectivity index (χ3v) is 3.24. The summed E-state index contributed by atoms with van der Waals surface area (Å²) in [5, 5.41) is 8.36. The van der Waals surface area contributed by atoms with Crippen LogP contribution in [0.25, 0.3) is 0 Å². The predicted octanol–water partition coefficient (Wildman–Crippen LogP) is 4.34. The second kappa shape index (κ2) is 10.6. The van der Waals surface area contributed by atoms with E-state index in [1.165, 1.54) is 12.8 Å². The largest absolute Gasteiger partial charge is 0.497 e. The highest BCUT2D eigenvalue weighted by Gasteiger charge is 2.11. The van der Waals surface area contributed by atoms with E-state index in [9.17, 15) is 0 Å². The van der Waals surface area contributed by atoms with E-state index in [4.69, 9.17) is 10.1 Å². The van der Waals surface area contributed by atoms with Crippen LogP contribution in [0.2, 0.25) is 0 Å². The molecule has 114 valence electrons. The Labute approximate surface area is 129 Å². The second-order valence-electron chi connectivity index (χ2n) is 4.77. The lowest BCUT2D eigenvalue weighted by atomic mass is 10.1. The number of halogens is 1. The van der Waals surface area contributed by atoms with E-state index < -0.39 is 0 Å². The third-order valence-electron chi connectivity index (χ3n) is 3.24. The van der Waals surface area contributed by atoms with Gasteiger partial charge in [-0.1, -0.05) is 26.7 Å². The van der Waals surface area contributed by atoms with Gasteiger partial charge in [-0.25, -0.2) is 0 Å². The van der Waals surface area contributed by atoms with Crippen LogP contribution in [0.1, 0.15) is 45.1 Å². The summed E-state index contributed by atoms with van der Waals surface area (Å²) >= 11 is 0. The van der Waals surface area contributed by atoms with Gasteiger partial charge in [-0.2, -0.15) is 0 Å². The Morgan fingerprint density at radius 1 is 1.05 bits per heavy atom. The lowest BCUT2D eigenvalue weighted by Gasteiger charge is -2.25. The lowest BCUT2D eigenvalue weighted by Crippen LogP contribution is -2.32. The molecule has 1 rings (SSSR count). The second-order valence-corrected chi connectivity index (χ2v) is 4.77. The molecule has 1 aromatic rings. The van der Waals surface area contributed by atoms with Crippen molar-refractivity contribution >= 4 is 18.2 Å². The summed E-state index contributed by atoms with van der Waals surface area (Å²) in [5.74, 6) is 1.47. The van der Waals surface area contributed by atoms with Crippen molar-refractivity contribution in [3.8, 4) is 5.75 Å². The van der Waals surface area contributed by atoms with Crippen molar-refractivity contribution in [3.05, 3.63) is 29.8 Å². The Morgan fingerprint density at radius 2 is 1.55 bits per heavy atom. The summed E-state index contributed by atoms with van der Waals surface area (Å²) in [6.07, 6.45) is 4.61. The minimum Gasteiger partial charge on any atom is -0.497 e. The van der Waals surface area contributed by atoms with Crippen LogP contribution in [-0.2, 0) is 0 Å². The number of ether oxygens (including phenoxy) is 1. The van der Waals surface area contributed by atoms with Crippen LogP contribution >= 0.6 is 12.4 Å². The van der Waals surface area contributed by atoms with Gasteiger partial charge in [-0.3, -0.25) is 5.41 Å². The molecule has 0 spiro atoms. The van der Waals surface area contributed by atoms with Crippen LogP contribution in [0.15, 0.2) is 24.3 Å². The summed E-state index contributed by atoms with van der Waals surface area (Å²) in [7, 11) is 1.66. The van der Waals surface area contributed by atoms with Gasteiger partial charge in [0.2, 0.25) is 0 Å². The lowest BCUT2D eigenvalue weighted by molar-refractivity contribution is 0.396. The van der Waals surface area contributed by atoms with Crippen molar-refractivity contribution in [1.82, 2.24) is 4.90 Å². The summed E-state index contributed by atoms with van der Waals surface area (Å²) < 4.78 is 5.16. The molecule has 0 radical (unpaired) electrons. The number of benzene rings is 1. The third kappa shape index (κ3) is 5.83. The fourth-order valence-corrected chi connectivity index (χ4v) is 1.96. The van der Waals surface area contributed by atoms with Gasteiger partial charge in [0.25, 0.3) is 0 Å². The average Bonchev–Trinajstić information content (AvgIpc) is 2.47. The summed E-state index contributed by atoms with van der Waals surface area (Å²) in [4.78, 5) is 2.19. The first kappa shape index (κ1) is 18.8. The highest BCUT2D eigenvalue weighted by atomic mass is 35.5. The van der Waals surface area contributed by atoms with Crippen LogP contribution in [0.3, 0.4) is 0 Å². The quantitative estimate of drug-likeness (QED) is 0.572. The number of methoxy groups -OCH3 is 1. The molecular weight excluding hydrogens is 272 g/mol. The fourth-order valence-electron chi connectivity index (χ4n) is 1.96. The zero-order valence-corrected chi connectivity index (χ0v) is 13.6. The van der Waals surface area contributed by atoms with E-state index in [2.05, 4.69) is 18.7 Å². The van der Waals surface area contributed by atoms with Crippen molar-refractivity contribution in [2.24, 2.45) is 0 Å². The van der Waals surface area contributed by atoms with Crippen molar-refractivity contribution in [1.29, 1.82) is 5.41 Å². The Balaban J connectivity index is 0.00000361. The first-order valence-corrected chi connectivity index (χ1v) is 7.20. The summed E-state index contributed by atoms with van der Waals surface area (Å²) in [5.41, 5.74) is 0.966. The maximum absolute atomic E-state index is 8.36. The van der Waals surface area contributed by atoms with Crippen molar-refractivity contribution in [3.63, 3.8) is 0 Å². The Hall–Kier alpha value is -1.22. The molecule has 0 aromatic heterocycles. The number of amidine groups is 1. The molecule has 0 saturated carbocycles. The van der Waals surface area contributed by atoms with E-state index in [1.807, 2.05) is 24.3 Å². The van der Waals surface area contributed by atoms with Gasteiger partial charge in [-0.05, 0) is 37.1 Å². The zero-order valence-electron chi connectivity index (χ0n) is 12.8. The molecule has 3 nitrogen and oxygen atoms in total. The number of rotatable bonds is 8. The molecule has 0 aliphatic rings. The van der Waals surface area contributed by atoms with Gasteiger partial charge >= 0.3 is 0 Å². The van der Waals surface area contributed by atoms with E-state index in [1.54, 1.807) is 7.11 Å². The van der Waals surface area contributed by atoms with Gasteiger partial charge in [0.1, 0.15) is 11.6 Å². The molecule has 0 atom stereocenters. The smallest absolute Gasteiger partial charge is 0.128 e. The average molecular weight is 299 g/mol. The molecule has 0 unspecified atom stereocenters. The van der Waals surface area contributed by atoms with Crippen molar-refractivity contribution < 1.29 is 4.74 Å². The minimum atomic E-state index is 0. The number of nitrogens with zero attached hydrogens (tertiary/aromatic N) is 1. The molecule has 1 N–H and O–H groups in total. The van der Waals surface area contributed by atoms with Crippen LogP contribution in [0, 0.1) is 5.41 Å². The number of hydrogen-bond acceptors (Lipinski definition) is 2. The van der Waals surface area contributed by atoms with Crippen LogP contribution in [0.4, 0.5) is 0 Å². The Kier molecular flexibility index (Phi) is 9.91. The molecule has 0 amide bonds. The van der Waals surface area contributed by atoms with Crippen molar-refractivity contribution in [2.45, 2.75) is 39.5 Å². The minimum absolute atomic E-state index is 0. The van der Waals surface area contributed by atoms with E-state index in [0.717, 1.165) is 37.2 Å². The first-order valence-electron chi connectivity index (χ1n) is 7.20. The van der Waals surface area contributed by atoms with E-state index in [0.29, 0.717) is 5.84 Å². The number of unbranched alkanes of at least 4 members (excludes halogenated alkanes) is 2. The summed E-state index contributed by atoms with van der Waals surface area (Å²) in [6.45, 7) is 6.33. The van der Waals surface area contributed by atoms with Gasteiger partial charge in [-0.15, -0.1) is 12.4 Å². The van der Waals surface area contributed by atoms with Gasteiger partial charge < -0.3 is 9.64 Å². The first-order chi connectivity index (χ1) is 9.22. The van der Waals surface area contributed by atoms with Crippen LogP contribution in [0.5, 0.6) is 5.75 Å². The maximum Gasteiger partial charge on any atom is 0.128 e. The molecule has 0 aliphatic carbocycles. The van der Waals surface area contributed by atoms with Crippen LogP contribution < -0.4 is 4.74 Å². The zero-order chi connectivity index (χ0) is 14.1. The van der Waals surface area contributed by atoms with Crippen LogP contribution in [-0.4, -0.2) is 30.9 Å². The molecule has 4 heteroatoms. The Morgan fingerprint density at radius 3 is 1.95 bits per heavy atom. The number of hydrogen-bond donors (Lipinski definition) is 1. The topological polar surface area (TPSA) is 36.3 Å². The van der Waals surface area contributed by atoms with E-state index >= 15 is 0 Å². The van der Waals surface area contributed by atoms with Gasteiger partial charge in [0.15, 0.2) is 0 Å². The van der Waals surface area contributed by atoms with Gasteiger partial charge in [0.05, 0.1) is 7.11 Å². The van der Waals surface area contributed by atoms with E-state index in [-0.39, 0.29) is 12.4 Å². The molecule has 20 heavy (non-hydrogen) atoms. The molecule has 1 aromatic carbocycles. The summed E-state index contributed by atoms with van der Waals surface area (Å²) in [6, 6.07) is 7.77. The monoisotopic (exact) mass is 298 g/mol. The van der Waals surface area contributed by atoms with Crippen molar-refractivity contribution in [2.75, 3.05) is 20.2 Å². The molecule has 0 aliphatic heterocycles. The van der Waals surface area contributed by atoms with Gasteiger partial charge in [0, 0.05) is 18.7 Å². The predicted molar refractivity (Wildman–Crippen MR) is 88.5 cm³/mol. The molecular formula is C16H27ClN2O. The fraction of sp³-hybridized carbons (Fsp3) is 0.562. The molecule has 0 fully saturated rings. The number of nitrogens with one attached hydrogen (secondary N) is 1. The normalized spacial score (nSPS) is 9.75. The standard InChI is InChI=1S/C16H26N2O.ClH/c1-4-6-12-18(13-7-5-2)16(17)14-8-10-15(19-3)11-9-14;/h8-11,17H,4-7,12-13H2,1-3H3;1H. The maximum atomic E-state index is 8.36. The molecule has 0 heterocycles. The highest BCUT2D eigenvalue weighted by molar-refractivity contribution is 5.96. The molecule has 0 saturated heterocycles.